The van der Waals surface area contributed by atoms with Gasteiger partial charge in [-0.2, -0.15) is 0 Å². The molecule has 2 aromatic rings. The average molecular weight is 253 g/mol. The predicted molar refractivity (Wildman–Crippen MR) is 73.1 cm³/mol. The van der Waals surface area contributed by atoms with Crippen LogP contribution in [0.25, 0.3) is 0 Å². The van der Waals surface area contributed by atoms with Gasteiger partial charge in [0.25, 0.3) is 0 Å². The first-order chi connectivity index (χ1) is 9.33. The number of fused-ring (bicyclic) bond motifs is 1. The smallest absolute Gasteiger partial charge is 0.410 e. The molecule has 3 nitrogen and oxygen atoms in total. The van der Waals surface area contributed by atoms with Gasteiger partial charge in [0.15, 0.2) is 0 Å². The fourth-order valence-electron chi connectivity index (χ4n) is 2.47. The Morgan fingerprint density at radius 2 is 1.79 bits per heavy atom. The number of carbonyl (C=O) groups excluding carboxylic acids is 1. The molecule has 1 atom stereocenters. The van der Waals surface area contributed by atoms with Gasteiger partial charge in [-0.15, -0.1) is 0 Å². The van der Waals surface area contributed by atoms with Crippen molar-refractivity contribution in [2.75, 3.05) is 0 Å². The molecule has 0 heterocycles. The van der Waals surface area contributed by atoms with Gasteiger partial charge in [-0.05, 0) is 36.1 Å². The minimum absolute atomic E-state index is 0.0624. The van der Waals surface area contributed by atoms with Gasteiger partial charge in [-0.3, -0.25) is 0 Å². The van der Waals surface area contributed by atoms with E-state index in [1.54, 1.807) is 12.1 Å². The van der Waals surface area contributed by atoms with Crippen LogP contribution in [-0.4, -0.2) is 6.09 Å². The summed E-state index contributed by atoms with van der Waals surface area (Å²) in [6.45, 7) is 0. The van der Waals surface area contributed by atoms with Gasteiger partial charge in [-0.1, -0.05) is 42.5 Å². The normalized spacial score (nSPS) is 16.7. The van der Waals surface area contributed by atoms with Crippen LogP contribution in [0, 0.1) is 0 Å². The lowest BCUT2D eigenvalue weighted by atomic mass is 10.1. The lowest BCUT2D eigenvalue weighted by Crippen LogP contribution is -2.29. The molecule has 0 saturated heterocycles. The molecule has 19 heavy (non-hydrogen) atoms. The fourth-order valence-corrected chi connectivity index (χ4v) is 2.47. The molecule has 0 saturated carbocycles. The van der Waals surface area contributed by atoms with Gasteiger partial charge in [0, 0.05) is 0 Å². The van der Waals surface area contributed by atoms with Gasteiger partial charge >= 0.3 is 6.09 Å². The third kappa shape index (κ3) is 2.60. The van der Waals surface area contributed by atoms with E-state index < -0.39 is 6.09 Å². The van der Waals surface area contributed by atoms with E-state index in [0.29, 0.717) is 5.75 Å². The summed E-state index contributed by atoms with van der Waals surface area (Å²) >= 11 is 0. The van der Waals surface area contributed by atoms with Crippen molar-refractivity contribution < 1.29 is 9.53 Å². The average Bonchev–Trinajstić information content (AvgIpc) is 2.83. The predicted octanol–water partition coefficient (Wildman–Crippen LogP) is 3.46. The summed E-state index contributed by atoms with van der Waals surface area (Å²) in [5.74, 6) is 0.561. The second kappa shape index (κ2) is 5.14. The molecule has 0 unspecified atom stereocenters. The number of carbonyl (C=O) groups is 1. The molecule has 3 rings (SSSR count). The highest BCUT2D eigenvalue weighted by Crippen LogP contribution is 2.30. The summed E-state index contributed by atoms with van der Waals surface area (Å²) in [6.07, 6.45) is 1.54. The van der Waals surface area contributed by atoms with Crippen LogP contribution in [0.3, 0.4) is 0 Å². The Morgan fingerprint density at radius 1 is 1.05 bits per heavy atom. The highest BCUT2D eigenvalue weighted by molar-refractivity contribution is 5.71. The highest BCUT2D eigenvalue weighted by Gasteiger charge is 2.23. The molecule has 0 radical (unpaired) electrons. The topological polar surface area (TPSA) is 38.3 Å². The van der Waals surface area contributed by atoms with E-state index in [1.807, 2.05) is 30.3 Å². The van der Waals surface area contributed by atoms with Crippen LogP contribution >= 0.6 is 0 Å². The summed E-state index contributed by atoms with van der Waals surface area (Å²) in [6, 6.07) is 17.4. The maximum absolute atomic E-state index is 11.8. The molecular formula is C16H15NO2. The van der Waals surface area contributed by atoms with Crippen LogP contribution in [0.1, 0.15) is 23.6 Å². The molecule has 1 aliphatic carbocycles. The van der Waals surface area contributed by atoms with Gasteiger partial charge in [0.1, 0.15) is 5.75 Å². The molecule has 0 aromatic heterocycles. The lowest BCUT2D eigenvalue weighted by Gasteiger charge is -2.13. The number of benzene rings is 2. The highest BCUT2D eigenvalue weighted by atomic mass is 16.6. The molecule has 1 N–H and O–H groups in total. The summed E-state index contributed by atoms with van der Waals surface area (Å²) in [4.78, 5) is 11.8. The molecule has 96 valence electrons. The number of aryl methyl sites for hydroxylation is 1. The molecule has 3 heteroatoms. The summed E-state index contributed by atoms with van der Waals surface area (Å²) < 4.78 is 5.24. The van der Waals surface area contributed by atoms with Crippen molar-refractivity contribution in [2.24, 2.45) is 0 Å². The zero-order valence-electron chi connectivity index (χ0n) is 10.5. The standard InChI is InChI=1S/C16H15NO2/c18-16(19-13-7-2-1-3-8-13)17-15-11-10-12-6-4-5-9-14(12)15/h1-9,15H,10-11H2,(H,17,18)/t15-/m1/s1. The van der Waals surface area contributed by atoms with Crippen molar-refractivity contribution in [3.05, 3.63) is 65.7 Å². The van der Waals surface area contributed by atoms with Crippen molar-refractivity contribution >= 4 is 6.09 Å². The van der Waals surface area contributed by atoms with Gasteiger partial charge in [0.2, 0.25) is 0 Å². The Bertz CT molecular complexity index is 580. The van der Waals surface area contributed by atoms with Gasteiger partial charge in [0.05, 0.1) is 6.04 Å². The summed E-state index contributed by atoms with van der Waals surface area (Å²) in [5.41, 5.74) is 2.51. The van der Waals surface area contributed by atoms with E-state index in [4.69, 9.17) is 4.74 Å². The van der Waals surface area contributed by atoms with E-state index in [1.165, 1.54) is 11.1 Å². The number of hydrogen-bond donors (Lipinski definition) is 1. The van der Waals surface area contributed by atoms with Gasteiger partial charge < -0.3 is 10.1 Å². The van der Waals surface area contributed by atoms with E-state index in [9.17, 15) is 4.79 Å². The van der Waals surface area contributed by atoms with E-state index >= 15 is 0 Å². The van der Waals surface area contributed by atoms with Crippen molar-refractivity contribution in [3.63, 3.8) is 0 Å². The van der Waals surface area contributed by atoms with Crippen LogP contribution in [0.5, 0.6) is 5.75 Å². The zero-order chi connectivity index (χ0) is 13.1. The molecule has 1 amide bonds. The Balaban J connectivity index is 1.65. The summed E-state index contributed by atoms with van der Waals surface area (Å²) in [5, 5.41) is 2.92. The number of amides is 1. The number of rotatable bonds is 2. The number of para-hydroxylation sites is 1. The zero-order valence-corrected chi connectivity index (χ0v) is 10.5. The first kappa shape index (κ1) is 11.8. The summed E-state index contributed by atoms with van der Waals surface area (Å²) in [7, 11) is 0. The molecule has 1 aliphatic rings. The first-order valence-electron chi connectivity index (χ1n) is 6.44. The second-order valence-electron chi connectivity index (χ2n) is 4.64. The fraction of sp³-hybridized carbons (Fsp3) is 0.188. The lowest BCUT2D eigenvalue weighted by molar-refractivity contribution is 0.196. The van der Waals surface area contributed by atoms with E-state index in [2.05, 4.69) is 17.4 Å². The van der Waals surface area contributed by atoms with Crippen molar-refractivity contribution in [2.45, 2.75) is 18.9 Å². The van der Waals surface area contributed by atoms with Crippen LogP contribution < -0.4 is 10.1 Å². The molecule has 0 bridgehead atoms. The van der Waals surface area contributed by atoms with Crippen LogP contribution in [-0.2, 0) is 6.42 Å². The SMILES string of the molecule is O=C(N[C@@H]1CCc2ccccc21)Oc1ccccc1. The van der Waals surface area contributed by atoms with Crippen LogP contribution in [0.15, 0.2) is 54.6 Å². The van der Waals surface area contributed by atoms with Crippen molar-refractivity contribution in [1.82, 2.24) is 5.32 Å². The molecular weight excluding hydrogens is 238 g/mol. The second-order valence-corrected chi connectivity index (χ2v) is 4.64. The number of nitrogens with one attached hydrogen (secondary N) is 1. The van der Waals surface area contributed by atoms with Crippen LogP contribution in [0.4, 0.5) is 4.79 Å². The Hall–Kier alpha value is -2.29. The molecule has 0 fully saturated rings. The number of hydrogen-bond acceptors (Lipinski definition) is 2. The van der Waals surface area contributed by atoms with Gasteiger partial charge in [-0.25, -0.2) is 4.79 Å². The monoisotopic (exact) mass is 253 g/mol. The quantitative estimate of drug-likeness (QED) is 0.890. The van der Waals surface area contributed by atoms with Crippen molar-refractivity contribution in [3.8, 4) is 5.75 Å². The Labute approximate surface area is 112 Å². The molecule has 0 spiro atoms. The minimum atomic E-state index is -0.395. The Morgan fingerprint density at radius 3 is 2.63 bits per heavy atom. The minimum Gasteiger partial charge on any atom is -0.410 e. The third-order valence-corrected chi connectivity index (χ3v) is 3.38. The largest absolute Gasteiger partial charge is 0.413 e. The van der Waals surface area contributed by atoms with E-state index in [0.717, 1.165) is 12.8 Å². The van der Waals surface area contributed by atoms with E-state index in [-0.39, 0.29) is 6.04 Å². The van der Waals surface area contributed by atoms with Crippen molar-refractivity contribution in [1.29, 1.82) is 0 Å². The maximum atomic E-state index is 11.8. The first-order valence-corrected chi connectivity index (χ1v) is 6.44. The molecule has 0 aliphatic heterocycles. The molecule has 2 aromatic carbocycles. The third-order valence-electron chi connectivity index (χ3n) is 3.38. The Kier molecular flexibility index (Phi) is 3.19. The maximum Gasteiger partial charge on any atom is 0.413 e. The number of ether oxygens (including phenoxy) is 1. The van der Waals surface area contributed by atoms with Crippen LogP contribution in [0.2, 0.25) is 0 Å².